The molecule has 0 radical (unpaired) electrons. The van der Waals surface area contributed by atoms with E-state index in [1.54, 1.807) is 32.2 Å². The van der Waals surface area contributed by atoms with Gasteiger partial charge >= 0.3 is 0 Å². The topological polar surface area (TPSA) is 78.6 Å². The van der Waals surface area contributed by atoms with Crippen LogP contribution in [0.2, 0.25) is 0 Å². The van der Waals surface area contributed by atoms with Crippen LogP contribution < -0.4 is 0 Å². The van der Waals surface area contributed by atoms with Crippen LogP contribution in [0.15, 0.2) is 36.5 Å². The van der Waals surface area contributed by atoms with Crippen LogP contribution in [0.25, 0.3) is 5.69 Å². The number of aliphatic hydroxyl groups excluding tert-OH is 2. The number of hydrogen-bond acceptors (Lipinski definition) is 4. The normalized spacial score (nSPS) is 11.5. The lowest BCUT2D eigenvalue weighted by Gasteiger charge is -2.29. The van der Waals surface area contributed by atoms with Gasteiger partial charge in [0.1, 0.15) is 11.5 Å². The van der Waals surface area contributed by atoms with E-state index in [1.165, 1.54) is 27.9 Å². The predicted octanol–water partition coefficient (Wildman–Crippen LogP) is 1.07. The van der Waals surface area contributed by atoms with Gasteiger partial charge in [0.2, 0.25) is 0 Å². The number of carbonyl (C=O) groups excluding carboxylic acids is 1. The van der Waals surface area contributed by atoms with E-state index in [1.807, 2.05) is 0 Å². The summed E-state index contributed by atoms with van der Waals surface area (Å²) in [6.07, 6.45) is 1.51. The monoisotopic (exact) mass is 321 g/mol. The summed E-state index contributed by atoms with van der Waals surface area (Å²) in [5, 5.41) is 22.7. The average Bonchev–Trinajstić information content (AvgIpc) is 3.04. The number of amides is 1. The van der Waals surface area contributed by atoms with Gasteiger partial charge < -0.3 is 15.1 Å². The molecule has 1 heterocycles. The molecular formula is C16H20FN3O3. The highest BCUT2D eigenvalue weighted by Crippen LogP contribution is 2.17. The summed E-state index contributed by atoms with van der Waals surface area (Å²) in [6, 6.07) is 7.64. The highest BCUT2D eigenvalue weighted by Gasteiger charge is 2.27. The van der Waals surface area contributed by atoms with Crippen molar-refractivity contribution in [3.63, 3.8) is 0 Å². The maximum atomic E-state index is 13.7. The molecule has 0 aliphatic heterocycles. The molecule has 2 rings (SSSR count). The van der Waals surface area contributed by atoms with E-state index < -0.39 is 11.2 Å². The van der Waals surface area contributed by atoms with E-state index in [2.05, 4.69) is 5.10 Å². The van der Waals surface area contributed by atoms with Gasteiger partial charge in [0, 0.05) is 25.2 Å². The van der Waals surface area contributed by atoms with Crippen LogP contribution in [0, 0.1) is 11.2 Å². The molecule has 23 heavy (non-hydrogen) atoms. The molecule has 124 valence electrons. The minimum absolute atomic E-state index is 0.161. The summed E-state index contributed by atoms with van der Waals surface area (Å²) in [6.45, 7) is 1.36. The Hall–Kier alpha value is -2.25. The van der Waals surface area contributed by atoms with E-state index in [0.717, 1.165) is 0 Å². The Morgan fingerprint density at radius 2 is 1.96 bits per heavy atom. The molecule has 0 saturated heterocycles. The highest BCUT2D eigenvalue weighted by atomic mass is 19.1. The standard InChI is InChI=1S/C16H20FN3O3/c1-16(10-21,11-22)9-19(2)15(23)13-7-8-20(18-13)14-6-4-3-5-12(14)17/h3-8,21-22H,9-11H2,1-2H3. The number of halogens is 1. The van der Waals surface area contributed by atoms with Crippen molar-refractivity contribution in [3.05, 3.63) is 48.0 Å². The van der Waals surface area contributed by atoms with E-state index in [4.69, 9.17) is 0 Å². The SMILES string of the molecule is CN(CC(C)(CO)CO)C(=O)c1ccn(-c2ccccc2F)n1. The van der Waals surface area contributed by atoms with Gasteiger partial charge in [0.15, 0.2) is 5.69 Å². The van der Waals surface area contributed by atoms with Gasteiger partial charge in [0.05, 0.1) is 13.2 Å². The smallest absolute Gasteiger partial charge is 0.274 e. The van der Waals surface area contributed by atoms with Crippen molar-refractivity contribution in [1.82, 2.24) is 14.7 Å². The lowest BCUT2D eigenvalue weighted by atomic mass is 9.92. The van der Waals surface area contributed by atoms with Crippen molar-refractivity contribution in [3.8, 4) is 5.69 Å². The molecule has 1 aromatic heterocycles. The second-order valence-electron chi connectivity index (χ2n) is 5.89. The molecule has 7 heteroatoms. The number of nitrogens with zero attached hydrogens (tertiary/aromatic N) is 3. The van der Waals surface area contributed by atoms with Gasteiger partial charge in [-0.15, -0.1) is 0 Å². The number of carbonyl (C=O) groups is 1. The molecule has 0 atom stereocenters. The maximum absolute atomic E-state index is 13.7. The predicted molar refractivity (Wildman–Crippen MR) is 82.8 cm³/mol. The highest BCUT2D eigenvalue weighted by molar-refractivity contribution is 5.92. The molecule has 1 aromatic carbocycles. The van der Waals surface area contributed by atoms with Gasteiger partial charge in [-0.2, -0.15) is 5.10 Å². The largest absolute Gasteiger partial charge is 0.396 e. The van der Waals surface area contributed by atoms with Crippen molar-refractivity contribution >= 4 is 5.91 Å². The molecule has 6 nitrogen and oxygen atoms in total. The Morgan fingerprint density at radius 3 is 2.57 bits per heavy atom. The number of aliphatic hydroxyl groups is 2. The van der Waals surface area contributed by atoms with Gasteiger partial charge in [-0.1, -0.05) is 19.1 Å². The first-order valence-corrected chi connectivity index (χ1v) is 7.18. The van der Waals surface area contributed by atoms with Gasteiger partial charge in [-0.25, -0.2) is 9.07 Å². The lowest BCUT2D eigenvalue weighted by Crippen LogP contribution is -2.41. The Bertz CT molecular complexity index is 683. The number of para-hydroxylation sites is 1. The quantitative estimate of drug-likeness (QED) is 0.834. The fraction of sp³-hybridized carbons (Fsp3) is 0.375. The van der Waals surface area contributed by atoms with Crippen molar-refractivity contribution in [2.45, 2.75) is 6.92 Å². The van der Waals surface area contributed by atoms with Crippen LogP contribution in [-0.4, -0.2) is 57.6 Å². The molecule has 0 aliphatic carbocycles. The molecule has 1 amide bonds. The third kappa shape index (κ3) is 3.75. The van der Waals surface area contributed by atoms with Gasteiger partial charge in [-0.05, 0) is 18.2 Å². The summed E-state index contributed by atoms with van der Waals surface area (Å²) < 4.78 is 15.0. The molecule has 0 fully saturated rings. The Kier molecular flexibility index (Phi) is 5.12. The summed E-state index contributed by atoms with van der Waals surface area (Å²) in [5.74, 6) is -0.802. The van der Waals surface area contributed by atoms with Crippen molar-refractivity contribution in [1.29, 1.82) is 0 Å². The summed E-state index contributed by atoms with van der Waals surface area (Å²) in [7, 11) is 1.56. The lowest BCUT2D eigenvalue weighted by molar-refractivity contribution is 0.0363. The summed E-state index contributed by atoms with van der Waals surface area (Å²) in [4.78, 5) is 13.8. The fourth-order valence-corrected chi connectivity index (χ4v) is 2.20. The van der Waals surface area contributed by atoms with Crippen molar-refractivity contribution in [2.24, 2.45) is 5.41 Å². The molecular weight excluding hydrogens is 301 g/mol. The van der Waals surface area contributed by atoms with Crippen LogP contribution in [0.1, 0.15) is 17.4 Å². The molecule has 2 aromatic rings. The first kappa shape index (κ1) is 17.1. The summed E-state index contributed by atoms with van der Waals surface area (Å²) >= 11 is 0. The average molecular weight is 321 g/mol. The Balaban J connectivity index is 2.17. The number of benzene rings is 1. The molecule has 0 spiro atoms. The van der Waals surface area contributed by atoms with Crippen LogP contribution >= 0.6 is 0 Å². The van der Waals surface area contributed by atoms with Gasteiger partial charge in [-0.3, -0.25) is 4.79 Å². The first-order valence-electron chi connectivity index (χ1n) is 7.18. The number of rotatable bonds is 6. The van der Waals surface area contributed by atoms with Crippen LogP contribution in [0.3, 0.4) is 0 Å². The third-order valence-corrected chi connectivity index (χ3v) is 3.64. The fourth-order valence-electron chi connectivity index (χ4n) is 2.20. The first-order chi connectivity index (χ1) is 10.9. The molecule has 0 bridgehead atoms. The van der Waals surface area contributed by atoms with Crippen LogP contribution in [0.5, 0.6) is 0 Å². The minimum atomic E-state index is -0.793. The van der Waals surface area contributed by atoms with Crippen molar-refractivity contribution < 1.29 is 19.4 Å². The number of hydrogen-bond donors (Lipinski definition) is 2. The second kappa shape index (κ2) is 6.89. The molecule has 0 unspecified atom stereocenters. The minimum Gasteiger partial charge on any atom is -0.396 e. The molecule has 0 saturated carbocycles. The van der Waals surface area contributed by atoms with E-state index in [-0.39, 0.29) is 37.0 Å². The maximum Gasteiger partial charge on any atom is 0.274 e. The Labute approximate surface area is 133 Å². The molecule has 2 N–H and O–H groups in total. The summed E-state index contributed by atoms with van der Waals surface area (Å²) in [5.41, 5.74) is -0.378. The zero-order chi connectivity index (χ0) is 17.0. The zero-order valence-corrected chi connectivity index (χ0v) is 13.1. The van der Waals surface area contributed by atoms with Crippen molar-refractivity contribution in [2.75, 3.05) is 26.8 Å². The van der Waals surface area contributed by atoms with E-state index in [9.17, 15) is 19.4 Å². The third-order valence-electron chi connectivity index (χ3n) is 3.64. The second-order valence-corrected chi connectivity index (χ2v) is 5.89. The van der Waals surface area contributed by atoms with Crippen LogP contribution in [-0.2, 0) is 0 Å². The Morgan fingerprint density at radius 1 is 1.30 bits per heavy atom. The van der Waals surface area contributed by atoms with Crippen LogP contribution in [0.4, 0.5) is 4.39 Å². The number of aromatic nitrogens is 2. The van der Waals surface area contributed by atoms with Gasteiger partial charge in [0.25, 0.3) is 5.91 Å². The zero-order valence-electron chi connectivity index (χ0n) is 13.1. The van der Waals surface area contributed by atoms with E-state index >= 15 is 0 Å². The molecule has 0 aliphatic rings. The van der Waals surface area contributed by atoms with E-state index in [0.29, 0.717) is 0 Å².